The fourth-order valence-corrected chi connectivity index (χ4v) is 1.09. The number of aromatic nitrogens is 2. The fraction of sp³-hybridized carbons (Fsp3) is 0. The van der Waals surface area contributed by atoms with Gasteiger partial charge < -0.3 is 0 Å². The molecule has 57 valence electrons. The van der Waals surface area contributed by atoms with Crippen molar-refractivity contribution in [2.45, 2.75) is 0 Å². The minimum absolute atomic E-state index is 0.320. The Balaban J connectivity index is 2.88. The zero-order valence-corrected chi connectivity index (χ0v) is 6.19. The summed E-state index contributed by atoms with van der Waals surface area (Å²) in [5, 5.41) is 1.70. The number of pyridine rings is 2. The highest BCUT2D eigenvalue weighted by Crippen LogP contribution is 2.12. The van der Waals surface area contributed by atoms with Gasteiger partial charge in [0.25, 0.3) is 6.29 Å². The van der Waals surface area contributed by atoms with E-state index in [1.807, 2.05) is 12.1 Å². The van der Waals surface area contributed by atoms with Gasteiger partial charge in [0, 0.05) is 24.0 Å². The van der Waals surface area contributed by atoms with E-state index >= 15 is 0 Å². The maximum atomic E-state index is 10.4. The third-order valence-electron chi connectivity index (χ3n) is 1.66. The number of nitrogens with zero attached hydrogens (tertiary/aromatic N) is 2. The van der Waals surface area contributed by atoms with Crippen LogP contribution in [-0.2, 0) is 4.79 Å². The lowest BCUT2D eigenvalue weighted by Gasteiger charge is -1.95. The minimum Gasteiger partial charge on any atom is -0.283 e. The third-order valence-corrected chi connectivity index (χ3v) is 1.66. The first-order chi connectivity index (χ1) is 5.92. The number of hydrogen-bond donors (Lipinski definition) is 0. The van der Waals surface area contributed by atoms with Crippen molar-refractivity contribution in [2.24, 2.45) is 0 Å². The Morgan fingerprint density at radius 3 is 2.92 bits per heavy atom. The van der Waals surface area contributed by atoms with Gasteiger partial charge in [0.2, 0.25) is 0 Å². The van der Waals surface area contributed by atoms with Crippen molar-refractivity contribution in [3.8, 4) is 0 Å². The van der Waals surface area contributed by atoms with Crippen molar-refractivity contribution < 1.29 is 4.79 Å². The molecule has 12 heavy (non-hydrogen) atoms. The molecular formula is C9H5N2O. The van der Waals surface area contributed by atoms with Crippen molar-refractivity contribution in [3.05, 3.63) is 36.4 Å². The van der Waals surface area contributed by atoms with Crippen LogP contribution in [0.1, 0.15) is 5.69 Å². The summed E-state index contributed by atoms with van der Waals surface area (Å²) in [6, 6.07) is 3.66. The number of rotatable bonds is 1. The number of fused-ring (bicyclic) bond motifs is 1. The Morgan fingerprint density at radius 2 is 2.08 bits per heavy atom. The Bertz CT molecular complexity index is 420. The van der Waals surface area contributed by atoms with Crippen LogP contribution in [-0.4, -0.2) is 16.3 Å². The van der Waals surface area contributed by atoms with Crippen LogP contribution in [0.3, 0.4) is 0 Å². The molecule has 3 nitrogen and oxygen atoms in total. The largest absolute Gasteiger partial charge is 0.283 e. The lowest BCUT2D eigenvalue weighted by atomic mass is 10.2. The van der Waals surface area contributed by atoms with Crippen molar-refractivity contribution in [2.75, 3.05) is 0 Å². The highest BCUT2D eigenvalue weighted by Gasteiger charge is 1.99. The average molecular weight is 157 g/mol. The highest BCUT2D eigenvalue weighted by molar-refractivity contribution is 5.95. The second kappa shape index (κ2) is 2.70. The maximum absolute atomic E-state index is 10.4. The summed E-state index contributed by atoms with van der Waals surface area (Å²) >= 11 is 0. The van der Waals surface area contributed by atoms with Gasteiger partial charge in [0.15, 0.2) is 0 Å². The molecule has 2 rings (SSSR count). The van der Waals surface area contributed by atoms with E-state index in [2.05, 4.69) is 9.97 Å². The van der Waals surface area contributed by atoms with E-state index < -0.39 is 0 Å². The molecule has 0 amide bonds. The highest BCUT2D eigenvalue weighted by atomic mass is 16.1. The zero-order chi connectivity index (χ0) is 8.39. The average Bonchev–Trinajstić information content (AvgIpc) is 2.17. The van der Waals surface area contributed by atoms with Crippen LogP contribution in [0, 0.1) is 0 Å². The van der Waals surface area contributed by atoms with Gasteiger partial charge in [-0.2, -0.15) is 0 Å². The SMILES string of the molecule is O=[C]c1nccc2ccncc12. The molecule has 0 bridgehead atoms. The smallest absolute Gasteiger partial charge is 0.254 e. The summed E-state index contributed by atoms with van der Waals surface area (Å²) < 4.78 is 0. The van der Waals surface area contributed by atoms with E-state index in [4.69, 9.17) is 0 Å². The minimum atomic E-state index is 0.320. The van der Waals surface area contributed by atoms with Crippen molar-refractivity contribution in [3.63, 3.8) is 0 Å². The van der Waals surface area contributed by atoms with Crippen LogP contribution in [0.25, 0.3) is 10.8 Å². The summed E-state index contributed by atoms with van der Waals surface area (Å²) in [6.07, 6.45) is 6.65. The molecule has 0 aliphatic rings. The Hall–Kier alpha value is -1.77. The van der Waals surface area contributed by atoms with Gasteiger partial charge in [-0.3, -0.25) is 14.8 Å². The molecule has 0 spiro atoms. The van der Waals surface area contributed by atoms with Crippen LogP contribution >= 0.6 is 0 Å². The fourth-order valence-electron chi connectivity index (χ4n) is 1.09. The molecule has 3 heteroatoms. The summed E-state index contributed by atoms with van der Waals surface area (Å²) in [6.45, 7) is 0. The van der Waals surface area contributed by atoms with Crippen molar-refractivity contribution in [1.29, 1.82) is 0 Å². The van der Waals surface area contributed by atoms with E-state index in [-0.39, 0.29) is 0 Å². The van der Waals surface area contributed by atoms with Crippen LogP contribution in [0.2, 0.25) is 0 Å². The van der Waals surface area contributed by atoms with Crippen LogP contribution in [0.5, 0.6) is 0 Å². The van der Waals surface area contributed by atoms with Gasteiger partial charge in [-0.1, -0.05) is 0 Å². The normalized spacial score (nSPS) is 10.0. The Morgan fingerprint density at radius 1 is 1.25 bits per heavy atom. The van der Waals surface area contributed by atoms with Gasteiger partial charge in [-0.15, -0.1) is 0 Å². The first-order valence-electron chi connectivity index (χ1n) is 3.49. The lowest BCUT2D eigenvalue weighted by Crippen LogP contribution is -1.88. The molecule has 0 saturated carbocycles. The van der Waals surface area contributed by atoms with Gasteiger partial charge in [-0.05, 0) is 17.5 Å². The van der Waals surface area contributed by atoms with Crippen LogP contribution in [0.4, 0.5) is 0 Å². The molecule has 0 saturated heterocycles. The van der Waals surface area contributed by atoms with Gasteiger partial charge in [0.05, 0.1) is 0 Å². The molecule has 0 atom stereocenters. The lowest BCUT2D eigenvalue weighted by molar-refractivity contribution is 0.562. The number of hydrogen-bond acceptors (Lipinski definition) is 3. The molecule has 0 unspecified atom stereocenters. The predicted molar refractivity (Wildman–Crippen MR) is 44.3 cm³/mol. The van der Waals surface area contributed by atoms with E-state index in [0.29, 0.717) is 5.69 Å². The van der Waals surface area contributed by atoms with Crippen LogP contribution in [0.15, 0.2) is 30.7 Å². The molecular weight excluding hydrogens is 152 g/mol. The Labute approximate surface area is 69.1 Å². The van der Waals surface area contributed by atoms with Crippen molar-refractivity contribution >= 4 is 17.1 Å². The molecule has 2 aromatic rings. The Kier molecular flexibility index (Phi) is 1.55. The molecule has 0 N–H and O–H groups in total. The van der Waals surface area contributed by atoms with E-state index in [0.717, 1.165) is 10.8 Å². The quantitative estimate of drug-likeness (QED) is 0.622. The van der Waals surface area contributed by atoms with Crippen molar-refractivity contribution in [1.82, 2.24) is 9.97 Å². The second-order valence-corrected chi connectivity index (χ2v) is 2.36. The van der Waals surface area contributed by atoms with E-state index in [1.165, 1.54) is 0 Å². The van der Waals surface area contributed by atoms with Gasteiger partial charge >= 0.3 is 0 Å². The van der Waals surface area contributed by atoms with E-state index in [9.17, 15) is 4.79 Å². The van der Waals surface area contributed by atoms with Crippen LogP contribution < -0.4 is 0 Å². The standard InChI is InChI=1S/C9H5N2O/c12-6-9-8-5-10-3-1-7(8)2-4-11-9/h1-5H. The predicted octanol–water partition coefficient (Wildman–Crippen LogP) is 1.09. The molecule has 2 aromatic heterocycles. The summed E-state index contributed by atoms with van der Waals surface area (Å²) in [4.78, 5) is 18.2. The molecule has 1 radical (unpaired) electrons. The molecule has 0 fully saturated rings. The number of carbonyl (C=O) groups excluding carboxylic acids is 1. The first-order valence-corrected chi connectivity index (χ1v) is 3.49. The summed E-state index contributed by atoms with van der Waals surface area (Å²) in [7, 11) is 0. The monoisotopic (exact) mass is 157 g/mol. The van der Waals surface area contributed by atoms with Gasteiger partial charge in [-0.25, -0.2) is 0 Å². The molecule has 0 aromatic carbocycles. The zero-order valence-electron chi connectivity index (χ0n) is 6.19. The summed E-state index contributed by atoms with van der Waals surface area (Å²) in [5.41, 5.74) is 0.320. The topological polar surface area (TPSA) is 42.9 Å². The maximum Gasteiger partial charge on any atom is 0.254 e. The van der Waals surface area contributed by atoms with E-state index in [1.54, 1.807) is 24.9 Å². The van der Waals surface area contributed by atoms with Gasteiger partial charge in [0.1, 0.15) is 5.69 Å². The summed E-state index contributed by atoms with van der Waals surface area (Å²) in [5.74, 6) is 0. The first kappa shape index (κ1) is 6.91. The second-order valence-electron chi connectivity index (χ2n) is 2.36. The molecule has 0 aliphatic heterocycles. The third kappa shape index (κ3) is 0.955. The molecule has 0 aliphatic carbocycles. The molecule has 2 heterocycles.